The number of rotatable bonds is 17. The van der Waals surface area contributed by atoms with Crippen LogP contribution in [0, 0.1) is 0 Å². The summed E-state index contributed by atoms with van der Waals surface area (Å²) in [6, 6.07) is 15.0. The van der Waals surface area contributed by atoms with E-state index in [9.17, 15) is 29.2 Å². The fourth-order valence-electron chi connectivity index (χ4n) is 4.90. The summed E-state index contributed by atoms with van der Waals surface area (Å²) in [5.41, 5.74) is 3.59. The molecule has 2 aromatic rings. The van der Waals surface area contributed by atoms with Crippen LogP contribution in [-0.4, -0.2) is 95.1 Å². The molecular weight excluding hydrogens is 612 g/mol. The highest BCUT2D eigenvalue weighted by atomic mass is 16.6. The van der Waals surface area contributed by atoms with Gasteiger partial charge in [-0.15, -0.1) is 0 Å². The van der Waals surface area contributed by atoms with Crippen LogP contribution in [0.5, 0.6) is 0 Å². The zero-order chi connectivity index (χ0) is 34.0. The quantitative estimate of drug-likeness (QED) is 0.0833. The molecule has 15 heteroatoms. The Kier molecular flexibility index (Phi) is 15.4. The number of nitrogens with zero attached hydrogens (tertiary/aromatic N) is 2. The maximum atomic E-state index is 13.6. The Morgan fingerprint density at radius 2 is 1.53 bits per heavy atom. The van der Waals surface area contributed by atoms with E-state index in [1.807, 2.05) is 41.9 Å². The van der Waals surface area contributed by atoms with Crippen molar-refractivity contribution in [1.29, 1.82) is 0 Å². The molecule has 1 fully saturated rings. The lowest BCUT2D eigenvalue weighted by Gasteiger charge is -2.31. The van der Waals surface area contributed by atoms with Gasteiger partial charge in [0.1, 0.15) is 31.3 Å². The topological polar surface area (TPSA) is 199 Å². The maximum Gasteiger partial charge on any atom is 0.410 e. The number of hydrogen-bond acceptors (Lipinski definition) is 10. The molecule has 1 saturated heterocycles. The number of nitrogens with one attached hydrogen (secondary N) is 4. The van der Waals surface area contributed by atoms with Crippen molar-refractivity contribution in [2.24, 2.45) is 0 Å². The molecule has 3 rings (SSSR count). The molecule has 2 aromatic carbocycles. The summed E-state index contributed by atoms with van der Waals surface area (Å²) in [5.74, 6) is -1.98. The zero-order valence-electron chi connectivity index (χ0n) is 26.4. The molecule has 3 atom stereocenters. The van der Waals surface area contributed by atoms with Crippen molar-refractivity contribution in [3.8, 4) is 0 Å². The van der Waals surface area contributed by atoms with Gasteiger partial charge in [0.25, 0.3) is 5.91 Å². The van der Waals surface area contributed by atoms with Gasteiger partial charge in [0.15, 0.2) is 0 Å². The Hall–Kier alpha value is -4.73. The summed E-state index contributed by atoms with van der Waals surface area (Å²) >= 11 is 0. The number of benzene rings is 2. The molecule has 1 aliphatic rings. The van der Waals surface area contributed by atoms with Gasteiger partial charge in [-0.2, -0.15) is 0 Å². The third kappa shape index (κ3) is 12.5. The Bertz CT molecular complexity index is 1300. The summed E-state index contributed by atoms with van der Waals surface area (Å²) in [6.07, 6.45) is 0.106. The number of hydroxylamine groups is 3. The lowest BCUT2D eigenvalue weighted by molar-refractivity contribution is -0.173. The van der Waals surface area contributed by atoms with Crippen LogP contribution in [0.1, 0.15) is 49.7 Å². The van der Waals surface area contributed by atoms with Crippen LogP contribution in [0.3, 0.4) is 0 Å². The van der Waals surface area contributed by atoms with E-state index in [2.05, 4.69) is 16.0 Å². The molecule has 6 N–H and O–H groups in total. The molecule has 0 bridgehead atoms. The average molecular weight is 657 g/mol. The Balaban J connectivity index is 1.64. The summed E-state index contributed by atoms with van der Waals surface area (Å²) in [6.45, 7) is 0.485. The van der Waals surface area contributed by atoms with E-state index in [0.717, 1.165) is 16.0 Å². The highest BCUT2D eigenvalue weighted by Crippen LogP contribution is 2.13. The smallest absolute Gasteiger partial charge is 0.410 e. The van der Waals surface area contributed by atoms with Crippen LogP contribution in [0.25, 0.3) is 0 Å². The van der Waals surface area contributed by atoms with Crippen molar-refractivity contribution in [3.05, 3.63) is 71.8 Å². The molecular formula is C32H44N6O9. The molecule has 0 unspecified atom stereocenters. The average Bonchev–Trinajstić information content (AvgIpc) is 3.08. The molecule has 0 aromatic heterocycles. The second-order valence-corrected chi connectivity index (χ2v) is 11.1. The fraction of sp³-hybridized carbons (Fsp3) is 0.469. The van der Waals surface area contributed by atoms with Gasteiger partial charge in [-0.25, -0.2) is 20.1 Å². The van der Waals surface area contributed by atoms with Crippen LogP contribution in [-0.2, 0) is 37.1 Å². The van der Waals surface area contributed by atoms with Crippen LogP contribution in [0.4, 0.5) is 9.59 Å². The number of amides is 5. The first-order valence-electron chi connectivity index (χ1n) is 15.6. The summed E-state index contributed by atoms with van der Waals surface area (Å²) < 4.78 is 10.6. The van der Waals surface area contributed by atoms with Gasteiger partial charge in [0.05, 0.1) is 0 Å². The van der Waals surface area contributed by atoms with Crippen LogP contribution in [0.2, 0.25) is 0 Å². The van der Waals surface area contributed by atoms with E-state index in [1.165, 1.54) is 7.05 Å². The van der Waals surface area contributed by atoms with Gasteiger partial charge in [-0.1, -0.05) is 60.7 Å². The molecule has 47 heavy (non-hydrogen) atoms. The first-order chi connectivity index (χ1) is 22.7. The van der Waals surface area contributed by atoms with E-state index in [1.54, 1.807) is 24.3 Å². The van der Waals surface area contributed by atoms with Gasteiger partial charge >= 0.3 is 12.2 Å². The Labute approximate surface area is 273 Å². The van der Waals surface area contributed by atoms with Crippen molar-refractivity contribution in [2.45, 2.75) is 69.9 Å². The van der Waals surface area contributed by atoms with Crippen LogP contribution < -0.4 is 21.4 Å². The number of piperidine rings is 1. The van der Waals surface area contributed by atoms with Crippen molar-refractivity contribution < 1.29 is 43.9 Å². The zero-order valence-corrected chi connectivity index (χ0v) is 26.4. The predicted molar refractivity (Wildman–Crippen MR) is 168 cm³/mol. The SMILES string of the molecule is CN(C(=O)OCc1ccccc1)[C@@H](CCCNO)C(=O)N[C@@H](CCCNC(=O)OCc1ccccc1)C(=O)N[C@H]1CCCN(O)C1=O. The molecule has 0 radical (unpaired) electrons. The molecule has 0 spiro atoms. The van der Waals surface area contributed by atoms with Crippen LogP contribution >= 0.6 is 0 Å². The first kappa shape index (κ1) is 36.7. The van der Waals surface area contributed by atoms with E-state index in [0.29, 0.717) is 24.3 Å². The third-order valence-corrected chi connectivity index (χ3v) is 7.55. The number of ether oxygens (including phenoxy) is 2. The second-order valence-electron chi connectivity index (χ2n) is 11.1. The van der Waals surface area contributed by atoms with Gasteiger partial charge < -0.3 is 30.6 Å². The Morgan fingerprint density at radius 1 is 0.915 bits per heavy atom. The van der Waals surface area contributed by atoms with E-state index >= 15 is 0 Å². The lowest BCUT2D eigenvalue weighted by atomic mass is 10.0. The largest absolute Gasteiger partial charge is 0.445 e. The Morgan fingerprint density at radius 3 is 2.17 bits per heavy atom. The summed E-state index contributed by atoms with van der Waals surface area (Å²) in [4.78, 5) is 65.7. The number of carbonyl (C=O) groups is 5. The number of likely N-dealkylation sites (N-methyl/N-ethyl adjacent to an activating group) is 1. The number of carbonyl (C=O) groups excluding carboxylic acids is 5. The molecule has 256 valence electrons. The van der Waals surface area contributed by atoms with Crippen LogP contribution in [0.15, 0.2) is 60.7 Å². The number of alkyl carbamates (subject to hydrolysis) is 1. The minimum absolute atomic E-state index is 0.0142. The van der Waals surface area contributed by atoms with Gasteiger partial charge in [0, 0.05) is 26.7 Å². The summed E-state index contributed by atoms with van der Waals surface area (Å²) in [5, 5.41) is 27.3. The number of hydrogen-bond donors (Lipinski definition) is 6. The third-order valence-electron chi connectivity index (χ3n) is 7.55. The van der Waals surface area contributed by atoms with Crippen molar-refractivity contribution in [2.75, 3.05) is 26.7 Å². The van der Waals surface area contributed by atoms with Crippen molar-refractivity contribution in [3.63, 3.8) is 0 Å². The van der Waals surface area contributed by atoms with E-state index in [4.69, 9.17) is 14.7 Å². The second kappa shape index (κ2) is 19.7. The maximum absolute atomic E-state index is 13.6. The van der Waals surface area contributed by atoms with Crippen molar-refractivity contribution >= 4 is 29.9 Å². The van der Waals surface area contributed by atoms with E-state index < -0.39 is 48.0 Å². The summed E-state index contributed by atoms with van der Waals surface area (Å²) in [7, 11) is 1.40. The molecule has 1 heterocycles. The standard InChI is InChI=1S/C32H44N6O9/c1-37(32(43)47-22-24-13-6-3-7-14-24)27(17-9-19-34-44)29(40)35-25(28(39)36-26-16-10-20-38(45)30(26)41)15-8-18-33-31(42)46-21-23-11-4-2-5-12-23/h2-7,11-14,25-27,34,44-45H,8-10,15-22H2,1H3,(H,33,42)(H,35,40)(H,36,39)/t25-,26-,27-/m0/s1. The highest BCUT2D eigenvalue weighted by Gasteiger charge is 2.34. The normalized spacial score (nSPS) is 15.6. The minimum atomic E-state index is -1.15. The molecule has 5 amide bonds. The fourth-order valence-corrected chi connectivity index (χ4v) is 4.90. The molecule has 1 aliphatic heterocycles. The minimum Gasteiger partial charge on any atom is -0.445 e. The van der Waals surface area contributed by atoms with E-state index in [-0.39, 0.29) is 52.1 Å². The van der Waals surface area contributed by atoms with Gasteiger partial charge in [0.2, 0.25) is 11.8 Å². The monoisotopic (exact) mass is 656 g/mol. The highest BCUT2D eigenvalue weighted by molar-refractivity contribution is 5.93. The molecule has 0 saturated carbocycles. The lowest BCUT2D eigenvalue weighted by Crippen LogP contribution is -2.58. The molecule has 15 nitrogen and oxygen atoms in total. The molecule has 0 aliphatic carbocycles. The predicted octanol–water partition coefficient (Wildman–Crippen LogP) is 2.07. The van der Waals surface area contributed by atoms with Gasteiger partial charge in [-0.05, 0) is 49.7 Å². The van der Waals surface area contributed by atoms with Crippen molar-refractivity contribution in [1.82, 2.24) is 31.4 Å². The first-order valence-corrected chi connectivity index (χ1v) is 15.6. The van der Waals surface area contributed by atoms with Gasteiger partial charge in [-0.3, -0.25) is 24.5 Å².